The molecule has 3 rings (SSSR count). The molecule has 1 saturated heterocycles. The normalized spacial score (nSPS) is 18.2. The van der Waals surface area contributed by atoms with Gasteiger partial charge in [0.15, 0.2) is 0 Å². The van der Waals surface area contributed by atoms with Crippen molar-refractivity contribution in [3.63, 3.8) is 0 Å². The zero-order valence-electron chi connectivity index (χ0n) is 18.3. The Morgan fingerprint density at radius 2 is 2.00 bits per heavy atom. The maximum atomic E-state index is 12.9. The first-order chi connectivity index (χ1) is 14.9. The van der Waals surface area contributed by atoms with Gasteiger partial charge in [0.2, 0.25) is 0 Å². The van der Waals surface area contributed by atoms with E-state index < -0.39 is 17.7 Å². The summed E-state index contributed by atoms with van der Waals surface area (Å²) >= 11 is 0. The van der Waals surface area contributed by atoms with E-state index in [2.05, 4.69) is 6.92 Å². The van der Waals surface area contributed by atoms with E-state index in [0.717, 1.165) is 19.4 Å². The zero-order chi connectivity index (χ0) is 22.4. The molecule has 7 heteroatoms. The summed E-state index contributed by atoms with van der Waals surface area (Å²) in [6.45, 7) is 3.80. The van der Waals surface area contributed by atoms with Crippen LogP contribution in [0.5, 0.6) is 5.75 Å². The highest BCUT2D eigenvalue weighted by atomic mass is 16.5. The Bertz CT molecular complexity index is 933. The minimum atomic E-state index is -0.762. The van der Waals surface area contributed by atoms with E-state index in [1.54, 1.807) is 36.4 Å². The Balaban J connectivity index is 1.96. The van der Waals surface area contributed by atoms with Crippen molar-refractivity contribution in [2.24, 2.45) is 0 Å². The number of amides is 1. The molecule has 2 aromatic rings. The number of carbonyl (C=O) groups excluding carboxylic acids is 2. The second kappa shape index (κ2) is 10.3. The second-order valence-corrected chi connectivity index (χ2v) is 7.89. The molecule has 1 aromatic heterocycles. The molecule has 0 saturated carbocycles. The molecule has 31 heavy (non-hydrogen) atoms. The third kappa shape index (κ3) is 5.17. The summed E-state index contributed by atoms with van der Waals surface area (Å²) in [7, 11) is 3.90. The Hall–Kier alpha value is -3.06. The molecule has 0 aliphatic carbocycles. The van der Waals surface area contributed by atoms with Gasteiger partial charge in [-0.05, 0) is 57.7 Å². The molecule has 1 aromatic carbocycles. The number of furan rings is 1. The van der Waals surface area contributed by atoms with Crippen LogP contribution in [-0.2, 0) is 9.59 Å². The van der Waals surface area contributed by atoms with Crippen LogP contribution in [0.4, 0.5) is 0 Å². The van der Waals surface area contributed by atoms with Gasteiger partial charge in [0, 0.05) is 12.1 Å². The Morgan fingerprint density at radius 1 is 1.19 bits per heavy atom. The van der Waals surface area contributed by atoms with Crippen molar-refractivity contribution in [1.82, 2.24) is 9.80 Å². The van der Waals surface area contributed by atoms with E-state index in [1.165, 1.54) is 11.2 Å². The van der Waals surface area contributed by atoms with Crippen LogP contribution in [0.25, 0.3) is 5.76 Å². The van der Waals surface area contributed by atoms with Crippen molar-refractivity contribution >= 4 is 17.4 Å². The third-order valence-electron chi connectivity index (χ3n) is 5.23. The van der Waals surface area contributed by atoms with Crippen molar-refractivity contribution in [3.8, 4) is 5.75 Å². The highest BCUT2D eigenvalue weighted by Gasteiger charge is 2.47. The summed E-state index contributed by atoms with van der Waals surface area (Å²) in [5.41, 5.74) is 0.465. The lowest BCUT2D eigenvalue weighted by Gasteiger charge is -2.24. The molecule has 2 heterocycles. The molecule has 1 atom stereocenters. The van der Waals surface area contributed by atoms with Gasteiger partial charge >= 0.3 is 0 Å². The number of nitrogens with zero attached hydrogens (tertiary/aromatic N) is 2. The molecule has 166 valence electrons. The molecular weight excluding hydrogens is 396 g/mol. The fraction of sp³-hybridized carbons (Fsp3) is 0.417. The number of hydrogen-bond acceptors (Lipinski definition) is 6. The number of rotatable bonds is 10. The molecule has 0 bridgehead atoms. The third-order valence-corrected chi connectivity index (χ3v) is 5.23. The van der Waals surface area contributed by atoms with Gasteiger partial charge in [-0.2, -0.15) is 0 Å². The largest absolute Gasteiger partial charge is 0.507 e. The number of carbonyl (C=O) groups is 2. The standard InChI is InChI=1S/C24H30N2O5/c1-4-5-14-30-18-10-6-9-17(16-18)22(27)20-21(19-11-7-15-31-19)26(24(29)23(20)28)13-8-12-25(2)3/h6-7,9-11,15-16,21,27H,4-5,8,12-14H2,1-3H3/b22-20+. The van der Waals surface area contributed by atoms with Gasteiger partial charge in [0.25, 0.3) is 11.7 Å². The summed E-state index contributed by atoms with van der Waals surface area (Å²) in [5, 5.41) is 11.1. The number of ketones is 1. The molecule has 7 nitrogen and oxygen atoms in total. The van der Waals surface area contributed by atoms with Crippen molar-refractivity contribution in [2.75, 3.05) is 33.8 Å². The molecular formula is C24H30N2O5. The maximum absolute atomic E-state index is 12.9. The Labute approximate surface area is 182 Å². The molecule has 1 unspecified atom stereocenters. The van der Waals surface area contributed by atoms with E-state index in [1.807, 2.05) is 19.0 Å². The fourth-order valence-corrected chi connectivity index (χ4v) is 3.63. The Kier molecular flexibility index (Phi) is 7.52. The van der Waals surface area contributed by atoms with Crippen LogP contribution in [-0.4, -0.2) is 60.4 Å². The minimum absolute atomic E-state index is 0.0375. The average Bonchev–Trinajstić information content (AvgIpc) is 3.36. The van der Waals surface area contributed by atoms with Crippen LogP contribution in [0.2, 0.25) is 0 Å². The number of unbranched alkanes of at least 4 members (excludes halogenated alkanes) is 1. The minimum Gasteiger partial charge on any atom is -0.507 e. The highest BCUT2D eigenvalue weighted by Crippen LogP contribution is 2.39. The molecule has 1 fully saturated rings. The van der Waals surface area contributed by atoms with Crippen molar-refractivity contribution in [3.05, 3.63) is 59.6 Å². The lowest BCUT2D eigenvalue weighted by atomic mass is 9.99. The highest BCUT2D eigenvalue weighted by molar-refractivity contribution is 6.46. The SMILES string of the molecule is CCCCOc1cccc(/C(O)=C2\C(=O)C(=O)N(CCCN(C)C)C2c2ccco2)c1. The predicted octanol–water partition coefficient (Wildman–Crippen LogP) is 3.83. The number of aliphatic hydroxyl groups is 1. The topological polar surface area (TPSA) is 83.2 Å². The molecule has 0 radical (unpaired) electrons. The fourth-order valence-electron chi connectivity index (χ4n) is 3.63. The maximum Gasteiger partial charge on any atom is 0.295 e. The summed E-state index contributed by atoms with van der Waals surface area (Å²) in [6, 6.07) is 9.60. The predicted molar refractivity (Wildman–Crippen MR) is 118 cm³/mol. The quantitative estimate of drug-likeness (QED) is 0.269. The van der Waals surface area contributed by atoms with Crippen LogP contribution in [0.3, 0.4) is 0 Å². The smallest absolute Gasteiger partial charge is 0.295 e. The van der Waals surface area contributed by atoms with Gasteiger partial charge in [0.1, 0.15) is 23.3 Å². The van der Waals surface area contributed by atoms with Crippen molar-refractivity contribution in [1.29, 1.82) is 0 Å². The van der Waals surface area contributed by atoms with E-state index in [-0.39, 0.29) is 11.3 Å². The second-order valence-electron chi connectivity index (χ2n) is 7.89. The van der Waals surface area contributed by atoms with E-state index in [0.29, 0.717) is 36.6 Å². The number of ether oxygens (including phenoxy) is 1. The van der Waals surface area contributed by atoms with Crippen LogP contribution in [0, 0.1) is 0 Å². The van der Waals surface area contributed by atoms with Gasteiger partial charge in [0.05, 0.1) is 18.4 Å². The Morgan fingerprint density at radius 3 is 2.68 bits per heavy atom. The summed E-state index contributed by atoms with van der Waals surface area (Å²) in [6.07, 6.45) is 4.13. The first-order valence-electron chi connectivity index (χ1n) is 10.6. The molecule has 1 aliphatic rings. The zero-order valence-corrected chi connectivity index (χ0v) is 18.3. The van der Waals surface area contributed by atoms with Crippen molar-refractivity contribution in [2.45, 2.75) is 32.2 Å². The van der Waals surface area contributed by atoms with Gasteiger partial charge in [-0.3, -0.25) is 9.59 Å². The van der Waals surface area contributed by atoms with E-state index in [9.17, 15) is 14.7 Å². The van der Waals surface area contributed by atoms with Gasteiger partial charge < -0.3 is 24.1 Å². The van der Waals surface area contributed by atoms with Gasteiger partial charge in [-0.15, -0.1) is 0 Å². The number of likely N-dealkylation sites (tertiary alicyclic amines) is 1. The molecule has 1 N–H and O–H groups in total. The number of hydrogen-bond donors (Lipinski definition) is 1. The molecule has 0 spiro atoms. The van der Waals surface area contributed by atoms with Crippen molar-refractivity contribution < 1.29 is 23.8 Å². The van der Waals surface area contributed by atoms with Crippen LogP contribution < -0.4 is 4.74 Å². The lowest BCUT2D eigenvalue weighted by Crippen LogP contribution is -2.32. The summed E-state index contributed by atoms with van der Waals surface area (Å²) in [4.78, 5) is 29.3. The molecule has 1 amide bonds. The van der Waals surface area contributed by atoms with Gasteiger partial charge in [-0.1, -0.05) is 25.5 Å². The molecule has 1 aliphatic heterocycles. The van der Waals surface area contributed by atoms with E-state index in [4.69, 9.17) is 9.15 Å². The van der Waals surface area contributed by atoms with Crippen LogP contribution in [0.1, 0.15) is 43.6 Å². The van der Waals surface area contributed by atoms with Crippen LogP contribution >= 0.6 is 0 Å². The lowest BCUT2D eigenvalue weighted by molar-refractivity contribution is -0.140. The number of aliphatic hydroxyl groups excluding tert-OH is 1. The monoisotopic (exact) mass is 426 g/mol. The number of Topliss-reactive ketones (excluding diaryl/α,β-unsaturated/α-hetero) is 1. The van der Waals surface area contributed by atoms with E-state index >= 15 is 0 Å². The number of benzene rings is 1. The summed E-state index contributed by atoms with van der Waals surface area (Å²) < 4.78 is 11.3. The average molecular weight is 427 g/mol. The van der Waals surface area contributed by atoms with Crippen LogP contribution in [0.15, 0.2) is 52.7 Å². The summed E-state index contributed by atoms with van der Waals surface area (Å²) in [5.74, 6) is -0.512. The first-order valence-corrected chi connectivity index (χ1v) is 10.6. The first kappa shape index (κ1) is 22.6. The van der Waals surface area contributed by atoms with Gasteiger partial charge in [-0.25, -0.2) is 0 Å².